The minimum atomic E-state index is -3.68. The highest BCUT2D eigenvalue weighted by atomic mass is 32.2. The molecule has 0 bridgehead atoms. The van der Waals surface area contributed by atoms with E-state index in [9.17, 15) is 13.2 Å². The molecule has 27 heavy (non-hydrogen) atoms. The first-order valence-electron chi connectivity index (χ1n) is 9.24. The standard InChI is InChI=1S/C21H26N2O3S/c1-16-8-7-13-23(15-16)21(24)18-12-11-17(2)20(14-18)22(3)27(25,26)19-9-5-4-6-10-19/h4-6,9-12,14,16H,7-8,13,15H2,1-3H3/t16-/m0/s1. The number of amides is 1. The quantitative estimate of drug-likeness (QED) is 0.805. The fourth-order valence-electron chi connectivity index (χ4n) is 3.52. The number of carbonyl (C=O) groups excluding carboxylic acids is 1. The zero-order chi connectivity index (χ0) is 19.6. The van der Waals surface area contributed by atoms with Crippen molar-refractivity contribution in [2.24, 2.45) is 5.92 Å². The normalized spacial score (nSPS) is 17.6. The molecule has 0 aliphatic carbocycles. The van der Waals surface area contributed by atoms with Gasteiger partial charge < -0.3 is 4.90 Å². The first-order chi connectivity index (χ1) is 12.8. The summed E-state index contributed by atoms with van der Waals surface area (Å²) in [5.74, 6) is 0.460. The van der Waals surface area contributed by atoms with Crippen molar-refractivity contribution in [2.75, 3.05) is 24.4 Å². The van der Waals surface area contributed by atoms with Crippen LogP contribution in [0.5, 0.6) is 0 Å². The number of carbonyl (C=O) groups is 1. The van der Waals surface area contributed by atoms with Crippen LogP contribution in [0.3, 0.4) is 0 Å². The largest absolute Gasteiger partial charge is 0.338 e. The van der Waals surface area contributed by atoms with Crippen LogP contribution in [-0.4, -0.2) is 39.4 Å². The van der Waals surface area contributed by atoms with E-state index in [2.05, 4.69) is 6.92 Å². The number of nitrogens with zero attached hydrogens (tertiary/aromatic N) is 2. The predicted octanol–water partition coefficient (Wildman–Crippen LogP) is 3.69. The third-order valence-electron chi connectivity index (χ3n) is 5.14. The predicted molar refractivity (Wildman–Crippen MR) is 108 cm³/mol. The van der Waals surface area contributed by atoms with Crippen LogP contribution in [-0.2, 0) is 10.0 Å². The van der Waals surface area contributed by atoms with Gasteiger partial charge in [0.2, 0.25) is 0 Å². The van der Waals surface area contributed by atoms with Gasteiger partial charge in [0.1, 0.15) is 0 Å². The number of aryl methyl sites for hydroxylation is 1. The number of hydrogen-bond donors (Lipinski definition) is 0. The molecule has 0 aromatic heterocycles. The molecule has 0 unspecified atom stereocenters. The molecule has 144 valence electrons. The Morgan fingerprint density at radius 2 is 1.85 bits per heavy atom. The van der Waals surface area contributed by atoms with Crippen molar-refractivity contribution in [2.45, 2.75) is 31.6 Å². The molecule has 0 radical (unpaired) electrons. The second-order valence-electron chi connectivity index (χ2n) is 7.29. The van der Waals surface area contributed by atoms with Gasteiger partial charge >= 0.3 is 0 Å². The first kappa shape index (κ1) is 19.4. The van der Waals surface area contributed by atoms with Crippen molar-refractivity contribution in [3.05, 3.63) is 59.7 Å². The van der Waals surface area contributed by atoms with E-state index in [0.717, 1.165) is 31.5 Å². The fraction of sp³-hybridized carbons (Fsp3) is 0.381. The van der Waals surface area contributed by atoms with Gasteiger partial charge in [-0.25, -0.2) is 8.42 Å². The van der Waals surface area contributed by atoms with Gasteiger partial charge in [-0.1, -0.05) is 31.2 Å². The van der Waals surface area contributed by atoms with Gasteiger partial charge in [0.15, 0.2) is 0 Å². The Kier molecular flexibility index (Phi) is 5.56. The summed E-state index contributed by atoms with van der Waals surface area (Å²) in [6.07, 6.45) is 2.15. The molecule has 2 aromatic carbocycles. The van der Waals surface area contributed by atoms with Crippen molar-refractivity contribution in [3.63, 3.8) is 0 Å². The molecule has 1 fully saturated rings. The fourth-order valence-corrected chi connectivity index (χ4v) is 4.79. The van der Waals surface area contributed by atoms with E-state index >= 15 is 0 Å². The summed E-state index contributed by atoms with van der Waals surface area (Å²) in [6, 6.07) is 13.6. The van der Waals surface area contributed by atoms with Crippen LogP contribution >= 0.6 is 0 Å². The molecule has 0 saturated carbocycles. The van der Waals surface area contributed by atoms with E-state index < -0.39 is 10.0 Å². The first-order valence-corrected chi connectivity index (χ1v) is 10.7. The summed E-state index contributed by atoms with van der Waals surface area (Å²) < 4.78 is 27.1. The summed E-state index contributed by atoms with van der Waals surface area (Å²) >= 11 is 0. The third-order valence-corrected chi connectivity index (χ3v) is 6.93. The van der Waals surface area contributed by atoms with Crippen LogP contribution in [0.25, 0.3) is 0 Å². The molecule has 1 heterocycles. The van der Waals surface area contributed by atoms with Crippen molar-refractivity contribution in [1.82, 2.24) is 4.90 Å². The second-order valence-corrected chi connectivity index (χ2v) is 9.25. The van der Waals surface area contributed by atoms with Crippen LogP contribution < -0.4 is 4.31 Å². The Hall–Kier alpha value is -2.34. The van der Waals surface area contributed by atoms with Gasteiger partial charge in [0.05, 0.1) is 10.6 Å². The number of piperidine rings is 1. The monoisotopic (exact) mass is 386 g/mol. The van der Waals surface area contributed by atoms with Gasteiger partial charge in [0.25, 0.3) is 15.9 Å². The zero-order valence-electron chi connectivity index (χ0n) is 16.1. The molecular weight excluding hydrogens is 360 g/mol. The molecule has 0 spiro atoms. The zero-order valence-corrected chi connectivity index (χ0v) is 16.9. The third kappa shape index (κ3) is 4.00. The van der Waals surface area contributed by atoms with Gasteiger partial charge in [-0.15, -0.1) is 0 Å². The van der Waals surface area contributed by atoms with Gasteiger partial charge in [-0.3, -0.25) is 9.10 Å². The van der Waals surface area contributed by atoms with Crippen LogP contribution in [0.1, 0.15) is 35.7 Å². The lowest BCUT2D eigenvalue weighted by Gasteiger charge is -2.31. The number of benzene rings is 2. The topological polar surface area (TPSA) is 57.7 Å². The molecule has 1 atom stereocenters. The Labute approximate surface area is 161 Å². The lowest BCUT2D eigenvalue weighted by Crippen LogP contribution is -2.39. The molecule has 3 rings (SSSR count). The Morgan fingerprint density at radius 1 is 1.15 bits per heavy atom. The lowest BCUT2D eigenvalue weighted by atomic mass is 9.99. The Bertz CT molecular complexity index is 926. The van der Waals surface area contributed by atoms with Gasteiger partial charge in [0, 0.05) is 25.7 Å². The summed E-state index contributed by atoms with van der Waals surface area (Å²) in [5, 5.41) is 0. The Morgan fingerprint density at radius 3 is 2.52 bits per heavy atom. The number of anilines is 1. The molecule has 2 aromatic rings. The average Bonchev–Trinajstić information content (AvgIpc) is 2.68. The molecule has 0 N–H and O–H groups in total. The summed E-state index contributed by atoms with van der Waals surface area (Å²) in [5.41, 5.74) is 1.86. The molecule has 1 aliphatic heterocycles. The maximum Gasteiger partial charge on any atom is 0.264 e. The maximum absolute atomic E-state index is 12.9. The summed E-state index contributed by atoms with van der Waals surface area (Å²) in [7, 11) is -2.15. The van der Waals surface area contributed by atoms with Crippen LogP contribution in [0, 0.1) is 12.8 Å². The molecule has 1 saturated heterocycles. The van der Waals surface area contributed by atoms with Crippen LogP contribution in [0.4, 0.5) is 5.69 Å². The van der Waals surface area contributed by atoms with E-state index in [1.54, 1.807) is 42.5 Å². The van der Waals surface area contributed by atoms with Crippen LogP contribution in [0.2, 0.25) is 0 Å². The number of hydrogen-bond acceptors (Lipinski definition) is 3. The van der Waals surface area contributed by atoms with Gasteiger partial charge in [-0.05, 0) is 55.5 Å². The van der Waals surface area contributed by atoms with E-state index in [0.29, 0.717) is 17.2 Å². The molecule has 5 nitrogen and oxygen atoms in total. The van der Waals surface area contributed by atoms with Crippen LogP contribution in [0.15, 0.2) is 53.4 Å². The highest BCUT2D eigenvalue weighted by Crippen LogP contribution is 2.27. The molecule has 6 heteroatoms. The van der Waals surface area contributed by atoms with Crippen molar-refractivity contribution < 1.29 is 13.2 Å². The lowest BCUT2D eigenvalue weighted by molar-refractivity contribution is 0.0683. The minimum absolute atomic E-state index is 0.0340. The van der Waals surface area contributed by atoms with Crippen molar-refractivity contribution in [3.8, 4) is 0 Å². The van der Waals surface area contributed by atoms with E-state index in [4.69, 9.17) is 0 Å². The summed E-state index contributed by atoms with van der Waals surface area (Å²) in [6.45, 7) is 5.51. The molecular formula is C21H26N2O3S. The SMILES string of the molecule is Cc1ccc(C(=O)N2CCC[C@H](C)C2)cc1N(C)S(=O)(=O)c1ccccc1. The number of likely N-dealkylation sites (tertiary alicyclic amines) is 1. The average molecular weight is 387 g/mol. The number of sulfonamides is 1. The highest BCUT2D eigenvalue weighted by Gasteiger charge is 2.25. The van der Waals surface area contributed by atoms with Crippen molar-refractivity contribution in [1.29, 1.82) is 0 Å². The summed E-state index contributed by atoms with van der Waals surface area (Å²) in [4.78, 5) is 15.0. The number of rotatable bonds is 4. The van der Waals surface area contributed by atoms with E-state index in [-0.39, 0.29) is 10.8 Å². The maximum atomic E-state index is 12.9. The smallest absolute Gasteiger partial charge is 0.264 e. The van der Waals surface area contributed by atoms with E-state index in [1.165, 1.54) is 11.4 Å². The van der Waals surface area contributed by atoms with Crippen molar-refractivity contribution >= 4 is 21.6 Å². The van der Waals surface area contributed by atoms with Gasteiger partial charge in [-0.2, -0.15) is 0 Å². The molecule has 1 aliphatic rings. The second kappa shape index (κ2) is 7.72. The minimum Gasteiger partial charge on any atom is -0.338 e. The molecule has 1 amide bonds. The highest BCUT2D eigenvalue weighted by molar-refractivity contribution is 7.92. The Balaban J connectivity index is 1.92. The van der Waals surface area contributed by atoms with E-state index in [1.807, 2.05) is 17.9 Å².